The minimum absolute atomic E-state index is 0.763. The van der Waals surface area contributed by atoms with E-state index in [1.165, 1.54) is 17.7 Å². The van der Waals surface area contributed by atoms with E-state index in [0.29, 0.717) is 0 Å². The maximum Gasteiger partial charge on any atom is 0.128 e. The lowest BCUT2D eigenvalue weighted by Gasteiger charge is -2.33. The lowest BCUT2D eigenvalue weighted by Crippen LogP contribution is -2.38. The molecule has 2 rings (SSSR count). The predicted octanol–water partition coefficient (Wildman–Crippen LogP) is 3.48. The van der Waals surface area contributed by atoms with Crippen LogP contribution in [0.4, 0.5) is 5.82 Å². The summed E-state index contributed by atoms with van der Waals surface area (Å²) in [4.78, 5) is 6.91. The van der Waals surface area contributed by atoms with Crippen molar-refractivity contribution in [2.75, 3.05) is 23.7 Å². The molecule has 1 fully saturated rings. The molecule has 0 N–H and O–H groups in total. The summed E-state index contributed by atoms with van der Waals surface area (Å²) < 4.78 is 1.09. The molecule has 2 heterocycles. The van der Waals surface area contributed by atoms with Gasteiger partial charge in [0.05, 0.1) is 0 Å². The van der Waals surface area contributed by atoms with Crippen LogP contribution in [0.25, 0.3) is 0 Å². The van der Waals surface area contributed by atoms with Crippen molar-refractivity contribution < 1.29 is 0 Å². The van der Waals surface area contributed by atoms with Crippen molar-refractivity contribution in [2.45, 2.75) is 25.5 Å². The molecule has 1 aromatic rings. The van der Waals surface area contributed by atoms with Crippen LogP contribution in [0.2, 0.25) is 0 Å². The largest absolute Gasteiger partial charge is 0.355 e. The molecular weight excluding hydrogens is 284 g/mol. The van der Waals surface area contributed by atoms with Gasteiger partial charge in [0.25, 0.3) is 0 Å². The Bertz CT molecular complexity index is 370. The van der Waals surface area contributed by atoms with E-state index >= 15 is 0 Å². The third-order valence-corrected chi connectivity index (χ3v) is 5.15. The normalized spacial score (nSPS) is 21.2. The molecule has 16 heavy (non-hydrogen) atoms. The van der Waals surface area contributed by atoms with Crippen LogP contribution in [0, 0.1) is 6.92 Å². The minimum atomic E-state index is 0.763. The van der Waals surface area contributed by atoms with E-state index < -0.39 is 0 Å². The standard InChI is InChI=1S/C12H17BrN2S/c1-3-10-8-15(4-5-16-10)12-6-9(2)11(13)7-14-12/h6-7,10H,3-5,8H2,1-2H3. The van der Waals surface area contributed by atoms with Crippen molar-refractivity contribution in [3.63, 3.8) is 0 Å². The molecule has 0 aromatic carbocycles. The fourth-order valence-corrected chi connectivity index (χ4v) is 3.27. The van der Waals surface area contributed by atoms with E-state index in [1.54, 1.807) is 0 Å². The van der Waals surface area contributed by atoms with Gasteiger partial charge in [-0.1, -0.05) is 6.92 Å². The fraction of sp³-hybridized carbons (Fsp3) is 0.583. The number of nitrogens with zero attached hydrogens (tertiary/aromatic N) is 2. The van der Waals surface area contributed by atoms with E-state index in [1.807, 2.05) is 6.20 Å². The Morgan fingerprint density at radius 2 is 2.44 bits per heavy atom. The van der Waals surface area contributed by atoms with Crippen LogP contribution in [0.5, 0.6) is 0 Å². The lowest BCUT2D eigenvalue weighted by molar-refractivity contribution is 0.719. The van der Waals surface area contributed by atoms with Crippen molar-refractivity contribution >= 4 is 33.5 Å². The van der Waals surface area contributed by atoms with Gasteiger partial charge in [-0.2, -0.15) is 11.8 Å². The lowest BCUT2D eigenvalue weighted by atomic mass is 10.2. The van der Waals surface area contributed by atoms with Crippen LogP contribution in [-0.4, -0.2) is 29.1 Å². The van der Waals surface area contributed by atoms with Crippen molar-refractivity contribution in [3.8, 4) is 0 Å². The molecule has 88 valence electrons. The Hall–Kier alpha value is -0.220. The Morgan fingerprint density at radius 1 is 1.62 bits per heavy atom. The third-order valence-electron chi connectivity index (χ3n) is 2.95. The summed E-state index contributed by atoms with van der Waals surface area (Å²) >= 11 is 5.58. The molecule has 1 aromatic heterocycles. The van der Waals surface area contributed by atoms with Crippen molar-refractivity contribution in [1.82, 2.24) is 4.98 Å². The Labute approximate surface area is 110 Å². The second-order valence-electron chi connectivity index (χ2n) is 4.14. The van der Waals surface area contributed by atoms with E-state index in [9.17, 15) is 0 Å². The van der Waals surface area contributed by atoms with E-state index in [2.05, 4.69) is 57.5 Å². The molecule has 0 aliphatic carbocycles. The van der Waals surface area contributed by atoms with Gasteiger partial charge >= 0.3 is 0 Å². The first-order valence-electron chi connectivity index (χ1n) is 5.69. The molecule has 0 bridgehead atoms. The highest BCUT2D eigenvalue weighted by atomic mass is 79.9. The molecule has 2 nitrogen and oxygen atoms in total. The van der Waals surface area contributed by atoms with E-state index in [0.717, 1.165) is 28.6 Å². The van der Waals surface area contributed by atoms with Crippen LogP contribution in [0.1, 0.15) is 18.9 Å². The van der Waals surface area contributed by atoms with Gasteiger partial charge in [0.2, 0.25) is 0 Å². The second kappa shape index (κ2) is 5.41. The minimum Gasteiger partial charge on any atom is -0.355 e. The summed E-state index contributed by atoms with van der Waals surface area (Å²) in [5.41, 5.74) is 1.26. The van der Waals surface area contributed by atoms with Gasteiger partial charge in [-0.25, -0.2) is 4.98 Å². The van der Waals surface area contributed by atoms with Gasteiger partial charge in [-0.05, 0) is 40.9 Å². The smallest absolute Gasteiger partial charge is 0.128 e. The number of anilines is 1. The van der Waals surface area contributed by atoms with Gasteiger partial charge in [0, 0.05) is 34.8 Å². The molecule has 1 aliphatic rings. The average molecular weight is 301 g/mol. The molecule has 1 saturated heterocycles. The molecule has 1 unspecified atom stereocenters. The summed E-state index contributed by atoms with van der Waals surface area (Å²) in [5.74, 6) is 2.34. The third kappa shape index (κ3) is 2.72. The van der Waals surface area contributed by atoms with Crippen molar-refractivity contribution in [3.05, 3.63) is 22.3 Å². The predicted molar refractivity (Wildman–Crippen MR) is 75.4 cm³/mol. The average Bonchev–Trinajstić information content (AvgIpc) is 2.33. The summed E-state index contributed by atoms with van der Waals surface area (Å²) in [7, 11) is 0. The summed E-state index contributed by atoms with van der Waals surface area (Å²) in [6.07, 6.45) is 3.16. The number of aromatic nitrogens is 1. The van der Waals surface area contributed by atoms with Gasteiger partial charge < -0.3 is 4.90 Å². The zero-order valence-corrected chi connectivity index (χ0v) is 12.1. The van der Waals surface area contributed by atoms with Crippen LogP contribution < -0.4 is 4.90 Å². The van der Waals surface area contributed by atoms with Gasteiger partial charge in [0.1, 0.15) is 5.82 Å². The molecule has 0 spiro atoms. The molecular formula is C12H17BrN2S. The number of halogens is 1. The first-order valence-corrected chi connectivity index (χ1v) is 7.53. The van der Waals surface area contributed by atoms with Gasteiger partial charge in [0.15, 0.2) is 0 Å². The summed E-state index contributed by atoms with van der Waals surface area (Å²) in [5, 5.41) is 0.763. The molecule has 0 saturated carbocycles. The zero-order chi connectivity index (χ0) is 11.5. The van der Waals surface area contributed by atoms with Crippen LogP contribution >= 0.6 is 27.7 Å². The van der Waals surface area contributed by atoms with Crippen molar-refractivity contribution in [1.29, 1.82) is 0 Å². The SMILES string of the molecule is CCC1CN(c2cc(C)c(Br)cn2)CCS1. The van der Waals surface area contributed by atoms with Crippen LogP contribution in [0.3, 0.4) is 0 Å². The first kappa shape index (κ1) is 12.2. The summed E-state index contributed by atoms with van der Waals surface area (Å²) in [6, 6.07) is 2.17. The quantitative estimate of drug-likeness (QED) is 0.832. The number of aryl methyl sites for hydroxylation is 1. The molecule has 1 atom stereocenters. The number of hydrogen-bond donors (Lipinski definition) is 0. The highest BCUT2D eigenvalue weighted by Crippen LogP contribution is 2.26. The van der Waals surface area contributed by atoms with E-state index in [4.69, 9.17) is 0 Å². The second-order valence-corrected chi connectivity index (χ2v) is 6.40. The highest BCUT2D eigenvalue weighted by molar-refractivity contribution is 9.10. The molecule has 0 amide bonds. The Morgan fingerprint density at radius 3 is 3.12 bits per heavy atom. The fourth-order valence-electron chi connectivity index (χ4n) is 1.87. The van der Waals surface area contributed by atoms with Crippen LogP contribution in [0.15, 0.2) is 16.7 Å². The van der Waals surface area contributed by atoms with Crippen molar-refractivity contribution in [2.24, 2.45) is 0 Å². The maximum atomic E-state index is 4.50. The molecule has 1 aliphatic heterocycles. The number of hydrogen-bond acceptors (Lipinski definition) is 3. The number of thioether (sulfide) groups is 1. The maximum absolute atomic E-state index is 4.50. The molecule has 4 heteroatoms. The van der Waals surface area contributed by atoms with Gasteiger partial charge in [-0.15, -0.1) is 0 Å². The topological polar surface area (TPSA) is 16.1 Å². The summed E-state index contributed by atoms with van der Waals surface area (Å²) in [6.45, 7) is 6.64. The zero-order valence-electron chi connectivity index (χ0n) is 9.74. The number of rotatable bonds is 2. The monoisotopic (exact) mass is 300 g/mol. The van der Waals surface area contributed by atoms with Crippen LogP contribution in [-0.2, 0) is 0 Å². The van der Waals surface area contributed by atoms with E-state index in [-0.39, 0.29) is 0 Å². The Balaban J connectivity index is 2.13. The Kier molecular flexibility index (Phi) is 4.14. The first-order chi connectivity index (χ1) is 7.70. The highest BCUT2D eigenvalue weighted by Gasteiger charge is 2.20. The van der Waals surface area contributed by atoms with Gasteiger partial charge in [-0.3, -0.25) is 0 Å². The number of pyridine rings is 1. The molecule has 0 radical (unpaired) electrons.